The third-order valence-electron chi connectivity index (χ3n) is 17.4. The van der Waals surface area contributed by atoms with Gasteiger partial charge in [-0.2, -0.15) is 0 Å². The van der Waals surface area contributed by atoms with Crippen LogP contribution in [0.15, 0.2) is 303 Å². The van der Waals surface area contributed by atoms with Crippen LogP contribution in [0.5, 0.6) is 0 Å². The Kier molecular flexibility index (Phi) is 10.3. The molecule has 0 unspecified atom stereocenters. The Balaban J connectivity index is 0.928. The van der Waals surface area contributed by atoms with Gasteiger partial charge in [0.1, 0.15) is 0 Å². The van der Waals surface area contributed by atoms with Crippen LogP contribution in [0.3, 0.4) is 0 Å². The second-order valence-electron chi connectivity index (χ2n) is 21.1. The minimum absolute atomic E-state index is 0.652. The molecule has 2 heterocycles. The lowest BCUT2D eigenvalue weighted by Crippen LogP contribution is -2.43. The van der Waals surface area contributed by atoms with Crippen LogP contribution in [0.1, 0.15) is 46.7 Å². The maximum Gasteiger partial charge on any atom is 0.0720 e. The summed E-state index contributed by atoms with van der Waals surface area (Å²) < 4.78 is 4.77. The molecular weight excluding hydrogens is 941 g/mol. The van der Waals surface area contributed by atoms with E-state index in [-0.39, 0.29) is 0 Å². The molecule has 3 aliphatic carbocycles. The standard InChI is InChI=1S/C76H54N2/c1-4-53(77-71-37-18-10-28-59(71)60-29-11-19-38-72(60)77)45-41-50(3)23-22-36-68-63(5-2)75(64-32-14-6-24-55(64)56-25-7-15-33-65(56)75)69-48-44-52(49-70(69)76(68)66-34-16-8-26-57(66)58-27-9-17-35-67(58)76)51-42-46-54(47-43-51)78-73-39-20-12-30-61(73)62-31-13-21-40-74(62)78/h4-22,24-49H,2-3,23H2,1H3/b36-22-,45-41-,53-4+. The Hall–Kier alpha value is -9.76. The molecule has 3 aliphatic rings. The molecule has 10 aromatic carbocycles. The van der Waals surface area contributed by atoms with Crippen LogP contribution < -0.4 is 0 Å². The number of rotatable bonds is 9. The van der Waals surface area contributed by atoms with Crippen molar-refractivity contribution < 1.29 is 0 Å². The van der Waals surface area contributed by atoms with E-state index in [1.165, 1.54) is 122 Å². The second kappa shape index (κ2) is 17.7. The molecule has 15 rings (SSSR count). The fourth-order valence-electron chi connectivity index (χ4n) is 14.3. The fourth-order valence-corrected chi connectivity index (χ4v) is 14.3. The Bertz CT molecular complexity index is 4430. The summed E-state index contributed by atoms with van der Waals surface area (Å²) in [5.74, 6) is 0. The number of para-hydroxylation sites is 4. The van der Waals surface area contributed by atoms with Crippen molar-refractivity contribution in [1.29, 1.82) is 0 Å². The number of fused-ring (bicyclic) bond motifs is 19. The zero-order valence-electron chi connectivity index (χ0n) is 43.5. The van der Waals surface area contributed by atoms with E-state index in [1.807, 2.05) is 0 Å². The molecule has 0 bridgehead atoms. The number of hydrogen-bond donors (Lipinski definition) is 0. The monoisotopic (exact) mass is 994 g/mol. The summed E-state index contributed by atoms with van der Waals surface area (Å²) in [6, 6.07) is 87.8. The average molecular weight is 995 g/mol. The van der Waals surface area contributed by atoms with Crippen molar-refractivity contribution in [2.24, 2.45) is 0 Å². The highest BCUT2D eigenvalue weighted by atomic mass is 15.0. The molecule has 0 atom stereocenters. The van der Waals surface area contributed by atoms with E-state index in [4.69, 9.17) is 13.2 Å². The van der Waals surface area contributed by atoms with Crippen molar-refractivity contribution in [2.75, 3.05) is 0 Å². The van der Waals surface area contributed by atoms with Gasteiger partial charge in [-0.1, -0.05) is 243 Å². The van der Waals surface area contributed by atoms with E-state index in [0.717, 1.165) is 17.0 Å². The maximum absolute atomic E-state index is 4.81. The number of hydrogen-bond acceptors (Lipinski definition) is 0. The molecule has 2 spiro atoms. The third-order valence-corrected chi connectivity index (χ3v) is 17.4. The number of aromatic nitrogens is 2. The number of allylic oxidation sites excluding steroid dienone is 10. The van der Waals surface area contributed by atoms with E-state index in [1.54, 1.807) is 0 Å². The van der Waals surface area contributed by atoms with Crippen LogP contribution in [-0.2, 0) is 10.8 Å². The normalized spacial score (nSPS) is 14.8. The minimum Gasteiger partial charge on any atom is -0.310 e. The molecule has 78 heavy (non-hydrogen) atoms. The van der Waals surface area contributed by atoms with E-state index < -0.39 is 10.8 Å². The van der Waals surface area contributed by atoms with Crippen molar-refractivity contribution in [3.8, 4) is 39.1 Å². The highest BCUT2D eigenvalue weighted by Gasteiger charge is 2.59. The van der Waals surface area contributed by atoms with E-state index >= 15 is 0 Å². The van der Waals surface area contributed by atoms with Crippen molar-refractivity contribution in [1.82, 2.24) is 9.13 Å². The van der Waals surface area contributed by atoms with Crippen LogP contribution in [-0.4, -0.2) is 9.13 Å². The molecular formula is C76H54N2. The van der Waals surface area contributed by atoms with Crippen LogP contribution in [0.25, 0.3) is 88.4 Å². The van der Waals surface area contributed by atoms with Gasteiger partial charge < -0.3 is 9.13 Å². The zero-order chi connectivity index (χ0) is 52.1. The first-order valence-electron chi connectivity index (χ1n) is 27.2. The lowest BCUT2D eigenvalue weighted by atomic mass is 9.52. The molecule has 0 saturated heterocycles. The molecule has 0 fully saturated rings. The summed E-state index contributed by atoms with van der Waals surface area (Å²) in [5, 5.41) is 5.01. The average Bonchev–Trinajstić information content (AvgIpc) is 3.85. The molecule has 12 aromatic rings. The predicted molar refractivity (Wildman–Crippen MR) is 328 cm³/mol. The van der Waals surface area contributed by atoms with Crippen molar-refractivity contribution in [2.45, 2.75) is 24.2 Å². The molecule has 368 valence electrons. The quantitative estimate of drug-likeness (QED) is 0.128. The lowest BCUT2D eigenvalue weighted by molar-refractivity contribution is 0.636. The van der Waals surface area contributed by atoms with Gasteiger partial charge in [0.15, 0.2) is 0 Å². The second-order valence-corrected chi connectivity index (χ2v) is 21.1. The van der Waals surface area contributed by atoms with Gasteiger partial charge in [0.05, 0.1) is 32.9 Å². The van der Waals surface area contributed by atoms with Gasteiger partial charge in [-0.25, -0.2) is 0 Å². The predicted octanol–water partition coefficient (Wildman–Crippen LogP) is 19.3. The molecule has 0 aliphatic heterocycles. The molecule has 0 amide bonds. The molecule has 2 aromatic heterocycles. The van der Waals surface area contributed by atoms with Gasteiger partial charge in [0, 0.05) is 32.9 Å². The summed E-state index contributed by atoms with van der Waals surface area (Å²) in [4.78, 5) is 0. The van der Waals surface area contributed by atoms with Gasteiger partial charge in [-0.05, 0) is 140 Å². The van der Waals surface area contributed by atoms with Crippen molar-refractivity contribution >= 4 is 49.3 Å². The zero-order valence-corrected chi connectivity index (χ0v) is 43.5. The summed E-state index contributed by atoms with van der Waals surface area (Å²) in [5.41, 5.74) is 24.2. The Labute approximate surface area is 455 Å². The summed E-state index contributed by atoms with van der Waals surface area (Å²) in [7, 11) is 0. The maximum atomic E-state index is 4.81. The van der Waals surface area contributed by atoms with Gasteiger partial charge in [-0.3, -0.25) is 0 Å². The Morgan fingerprint density at radius 1 is 0.423 bits per heavy atom. The Morgan fingerprint density at radius 2 is 0.846 bits per heavy atom. The minimum atomic E-state index is -0.703. The first-order chi connectivity index (χ1) is 38.5. The van der Waals surface area contributed by atoms with Gasteiger partial charge in [0.25, 0.3) is 0 Å². The number of benzene rings is 10. The van der Waals surface area contributed by atoms with Crippen molar-refractivity contribution in [3.05, 3.63) is 336 Å². The molecule has 2 nitrogen and oxygen atoms in total. The van der Waals surface area contributed by atoms with E-state index in [9.17, 15) is 0 Å². The summed E-state index contributed by atoms with van der Waals surface area (Å²) >= 11 is 0. The highest BCUT2D eigenvalue weighted by molar-refractivity contribution is 6.11. The van der Waals surface area contributed by atoms with E-state index in [0.29, 0.717) is 6.42 Å². The van der Waals surface area contributed by atoms with Gasteiger partial charge >= 0.3 is 0 Å². The topological polar surface area (TPSA) is 9.86 Å². The molecule has 0 N–H and O–H groups in total. The van der Waals surface area contributed by atoms with Crippen LogP contribution in [0.2, 0.25) is 0 Å². The molecule has 0 saturated carbocycles. The highest BCUT2D eigenvalue weighted by Crippen LogP contribution is 2.68. The first kappa shape index (κ1) is 45.6. The Morgan fingerprint density at radius 3 is 1.33 bits per heavy atom. The third kappa shape index (κ3) is 6.26. The SMILES string of the molecule is C=CC1=C(/C=C\CC(=C)/C=C\C(=C/C)n2c3ccccc3c3ccccc32)C2(c3ccccc3-c3ccccc32)c2cc(-c3ccc(-n4c5ccccc5c5ccccc54)cc3)ccc2C12c1ccccc1-c1ccccc12. The number of nitrogens with zero attached hydrogens (tertiary/aromatic N) is 2. The van der Waals surface area contributed by atoms with Gasteiger partial charge in [-0.15, -0.1) is 0 Å². The fraction of sp³-hybridized carbons (Fsp3) is 0.0526. The largest absolute Gasteiger partial charge is 0.310 e. The molecule has 2 heteroatoms. The van der Waals surface area contributed by atoms with Gasteiger partial charge in [0.2, 0.25) is 0 Å². The van der Waals surface area contributed by atoms with Crippen LogP contribution in [0.4, 0.5) is 0 Å². The smallest absolute Gasteiger partial charge is 0.0720 e. The van der Waals surface area contributed by atoms with Crippen LogP contribution >= 0.6 is 0 Å². The lowest BCUT2D eigenvalue weighted by Gasteiger charge is -2.49. The molecule has 0 radical (unpaired) electrons. The van der Waals surface area contributed by atoms with Crippen molar-refractivity contribution in [3.63, 3.8) is 0 Å². The first-order valence-corrected chi connectivity index (χ1v) is 27.2. The summed E-state index contributed by atoms with van der Waals surface area (Å²) in [6.45, 7) is 11.6. The van der Waals surface area contributed by atoms with E-state index in [2.05, 4.69) is 289 Å². The van der Waals surface area contributed by atoms with Crippen LogP contribution in [0, 0.1) is 0 Å². The summed E-state index contributed by atoms with van der Waals surface area (Å²) in [6.07, 6.45) is 14.3.